The first kappa shape index (κ1) is 25.5. The Morgan fingerprint density at radius 3 is 2.04 bits per heavy atom. The van der Waals surface area contributed by atoms with E-state index in [-0.39, 0.29) is 6.17 Å². The van der Waals surface area contributed by atoms with Gasteiger partial charge in [-0.25, -0.2) is 9.98 Å². The number of benzene rings is 7. The number of furan rings is 1. The molecule has 2 heterocycles. The lowest BCUT2D eigenvalue weighted by atomic mass is 9.96. The summed E-state index contributed by atoms with van der Waals surface area (Å²) in [4.78, 5) is 10.1. The molecule has 212 valence electrons. The number of hydrogen-bond acceptors (Lipinski definition) is 4. The first-order chi connectivity index (χ1) is 22.3. The molecular weight excluding hydrogens is 550 g/mol. The monoisotopic (exact) mass is 577 g/mol. The summed E-state index contributed by atoms with van der Waals surface area (Å²) in [7, 11) is 0. The Morgan fingerprint density at radius 1 is 0.511 bits per heavy atom. The van der Waals surface area contributed by atoms with E-state index in [9.17, 15) is 0 Å². The Kier molecular flexibility index (Phi) is 5.85. The van der Waals surface area contributed by atoms with Crippen molar-refractivity contribution < 1.29 is 4.42 Å². The SMILES string of the molecule is c1ccc(C2N=C(c3ccc4ccccc4c3)N=C(c3ccc4cc(-c5cccc6oc7ccccc7c56)ccc4c3)N2)cc1. The molecule has 0 radical (unpaired) electrons. The highest BCUT2D eigenvalue weighted by Gasteiger charge is 2.21. The molecule has 7 aromatic carbocycles. The van der Waals surface area contributed by atoms with Gasteiger partial charge in [0, 0.05) is 21.9 Å². The van der Waals surface area contributed by atoms with Crippen molar-refractivity contribution in [3.05, 3.63) is 168 Å². The second-order valence-electron chi connectivity index (χ2n) is 11.5. The summed E-state index contributed by atoms with van der Waals surface area (Å²) in [5.41, 5.74) is 7.26. The number of aliphatic imine (C=N–C) groups is 2. The Hall–Kier alpha value is -6.00. The fraction of sp³-hybridized carbons (Fsp3) is 0.0244. The van der Waals surface area contributed by atoms with Gasteiger partial charge >= 0.3 is 0 Å². The quantitative estimate of drug-likeness (QED) is 0.226. The average Bonchev–Trinajstić information content (AvgIpc) is 3.50. The van der Waals surface area contributed by atoms with Crippen LogP contribution in [-0.4, -0.2) is 11.7 Å². The number of rotatable bonds is 4. The van der Waals surface area contributed by atoms with Crippen LogP contribution in [0.1, 0.15) is 22.9 Å². The Labute approximate surface area is 260 Å². The molecule has 0 spiro atoms. The molecule has 0 saturated carbocycles. The van der Waals surface area contributed by atoms with Gasteiger partial charge in [-0.2, -0.15) is 0 Å². The van der Waals surface area contributed by atoms with Crippen LogP contribution in [-0.2, 0) is 0 Å². The molecule has 4 heteroatoms. The van der Waals surface area contributed by atoms with Crippen molar-refractivity contribution in [1.82, 2.24) is 5.32 Å². The van der Waals surface area contributed by atoms with Crippen LogP contribution >= 0.6 is 0 Å². The predicted octanol–water partition coefficient (Wildman–Crippen LogP) is 10.1. The highest BCUT2D eigenvalue weighted by Crippen LogP contribution is 2.37. The van der Waals surface area contributed by atoms with Crippen LogP contribution in [0.4, 0.5) is 0 Å². The topological polar surface area (TPSA) is 49.9 Å². The van der Waals surface area contributed by atoms with Crippen LogP contribution in [0.25, 0.3) is 54.6 Å². The fourth-order valence-corrected chi connectivity index (χ4v) is 6.44. The van der Waals surface area contributed by atoms with Crippen molar-refractivity contribution in [2.75, 3.05) is 0 Å². The molecule has 1 unspecified atom stereocenters. The van der Waals surface area contributed by atoms with E-state index in [2.05, 4.69) is 121 Å². The largest absolute Gasteiger partial charge is 0.456 e. The Morgan fingerprint density at radius 2 is 1.16 bits per heavy atom. The minimum absolute atomic E-state index is 0.247. The highest BCUT2D eigenvalue weighted by atomic mass is 16.3. The summed E-state index contributed by atoms with van der Waals surface area (Å²) in [6.07, 6.45) is -0.247. The molecular formula is C41H27N3O. The molecule has 8 aromatic rings. The third-order valence-corrected chi connectivity index (χ3v) is 8.69. The number of nitrogens with one attached hydrogen (secondary N) is 1. The molecule has 1 aliphatic heterocycles. The van der Waals surface area contributed by atoms with Gasteiger partial charge in [0.25, 0.3) is 0 Å². The van der Waals surface area contributed by atoms with E-state index in [1.165, 1.54) is 21.7 Å². The van der Waals surface area contributed by atoms with Crippen molar-refractivity contribution in [2.24, 2.45) is 9.98 Å². The first-order valence-electron chi connectivity index (χ1n) is 15.2. The molecule has 4 nitrogen and oxygen atoms in total. The molecule has 1 atom stereocenters. The third-order valence-electron chi connectivity index (χ3n) is 8.69. The molecule has 1 aromatic heterocycles. The summed E-state index contributed by atoms with van der Waals surface area (Å²) in [6, 6.07) is 52.9. The minimum atomic E-state index is -0.247. The molecule has 0 bridgehead atoms. The lowest BCUT2D eigenvalue weighted by molar-refractivity contribution is 0.669. The summed E-state index contributed by atoms with van der Waals surface area (Å²) in [5, 5.41) is 10.6. The van der Waals surface area contributed by atoms with E-state index in [1.54, 1.807) is 0 Å². The summed E-state index contributed by atoms with van der Waals surface area (Å²) in [6.45, 7) is 0. The minimum Gasteiger partial charge on any atom is -0.456 e. The van der Waals surface area contributed by atoms with Gasteiger partial charge in [0.2, 0.25) is 0 Å². The van der Waals surface area contributed by atoms with E-state index < -0.39 is 0 Å². The van der Waals surface area contributed by atoms with Crippen molar-refractivity contribution in [3.63, 3.8) is 0 Å². The second kappa shape index (κ2) is 10.3. The fourth-order valence-electron chi connectivity index (χ4n) is 6.44. The van der Waals surface area contributed by atoms with E-state index in [4.69, 9.17) is 14.4 Å². The zero-order chi connectivity index (χ0) is 29.7. The maximum absolute atomic E-state index is 6.16. The van der Waals surface area contributed by atoms with Gasteiger partial charge in [-0.05, 0) is 68.6 Å². The van der Waals surface area contributed by atoms with Gasteiger partial charge in [0.05, 0.1) is 0 Å². The van der Waals surface area contributed by atoms with Crippen molar-refractivity contribution in [2.45, 2.75) is 6.17 Å². The number of para-hydroxylation sites is 1. The molecule has 1 aliphatic rings. The lowest BCUT2D eigenvalue weighted by Crippen LogP contribution is -2.33. The zero-order valence-corrected chi connectivity index (χ0v) is 24.3. The average molecular weight is 578 g/mol. The van der Waals surface area contributed by atoms with Gasteiger partial charge in [-0.1, -0.05) is 121 Å². The molecule has 0 aliphatic carbocycles. The molecule has 45 heavy (non-hydrogen) atoms. The van der Waals surface area contributed by atoms with Crippen LogP contribution in [0.2, 0.25) is 0 Å². The molecule has 1 N–H and O–H groups in total. The standard InChI is InChI=1S/C41H27N3O/c1-2-10-27(11-3-1)39-42-40(32-21-17-26-9-4-5-12-28(26)24-32)44-41(43-39)33-22-19-29-23-31(20-18-30(29)25-33)34-14-8-16-37-38(34)35-13-6-7-15-36(35)45-37/h1-25,39H,(H,42,43,44). The first-order valence-corrected chi connectivity index (χ1v) is 15.2. The van der Waals surface area contributed by atoms with Gasteiger partial charge in [0.15, 0.2) is 5.84 Å². The third kappa shape index (κ3) is 4.47. The van der Waals surface area contributed by atoms with Crippen molar-refractivity contribution in [3.8, 4) is 11.1 Å². The number of amidine groups is 2. The number of hydrogen-bond donors (Lipinski definition) is 1. The van der Waals surface area contributed by atoms with Gasteiger partial charge in [-0.15, -0.1) is 0 Å². The lowest BCUT2D eigenvalue weighted by Gasteiger charge is -2.24. The van der Waals surface area contributed by atoms with Crippen LogP contribution in [0.15, 0.2) is 166 Å². The van der Waals surface area contributed by atoms with Crippen molar-refractivity contribution in [1.29, 1.82) is 0 Å². The van der Waals surface area contributed by atoms with Crippen LogP contribution in [0, 0.1) is 0 Å². The smallest absolute Gasteiger partial charge is 0.159 e. The molecule has 0 fully saturated rings. The summed E-state index contributed by atoms with van der Waals surface area (Å²) < 4.78 is 6.16. The van der Waals surface area contributed by atoms with Gasteiger partial charge < -0.3 is 9.73 Å². The van der Waals surface area contributed by atoms with Gasteiger partial charge in [-0.3, -0.25) is 0 Å². The van der Waals surface area contributed by atoms with E-state index in [0.717, 1.165) is 61.2 Å². The number of fused-ring (bicyclic) bond motifs is 5. The zero-order valence-electron chi connectivity index (χ0n) is 24.3. The van der Waals surface area contributed by atoms with Crippen LogP contribution in [0.5, 0.6) is 0 Å². The summed E-state index contributed by atoms with van der Waals surface area (Å²) in [5.74, 6) is 1.53. The second-order valence-corrected chi connectivity index (χ2v) is 11.5. The predicted molar refractivity (Wildman–Crippen MR) is 186 cm³/mol. The van der Waals surface area contributed by atoms with E-state index in [0.29, 0.717) is 0 Å². The normalized spacial score (nSPS) is 14.9. The van der Waals surface area contributed by atoms with Crippen molar-refractivity contribution >= 4 is 55.2 Å². The highest BCUT2D eigenvalue weighted by molar-refractivity contribution is 6.15. The number of nitrogens with zero attached hydrogens (tertiary/aromatic N) is 2. The van der Waals surface area contributed by atoms with Crippen LogP contribution < -0.4 is 5.32 Å². The molecule has 9 rings (SSSR count). The summed E-state index contributed by atoms with van der Waals surface area (Å²) >= 11 is 0. The Balaban J connectivity index is 1.13. The van der Waals surface area contributed by atoms with Crippen LogP contribution in [0.3, 0.4) is 0 Å². The van der Waals surface area contributed by atoms with E-state index >= 15 is 0 Å². The van der Waals surface area contributed by atoms with E-state index in [1.807, 2.05) is 36.4 Å². The molecule has 0 saturated heterocycles. The van der Waals surface area contributed by atoms with Gasteiger partial charge in [0.1, 0.15) is 23.2 Å². The maximum Gasteiger partial charge on any atom is 0.159 e. The molecule has 0 amide bonds. The maximum atomic E-state index is 6.16. The Bertz CT molecular complexity index is 2470.